The summed E-state index contributed by atoms with van der Waals surface area (Å²) >= 11 is 0. The van der Waals surface area contributed by atoms with Gasteiger partial charge in [-0.3, -0.25) is 0 Å². The molecule has 5 nitrogen and oxygen atoms in total. The molecule has 2 aliphatic rings. The van der Waals surface area contributed by atoms with E-state index in [1.165, 1.54) is 31.2 Å². The largest absolute Gasteiger partial charge is 0.313 e. The van der Waals surface area contributed by atoms with E-state index in [2.05, 4.69) is 45.3 Å². The quantitative estimate of drug-likeness (QED) is 0.844. The normalized spacial score (nSPS) is 24.5. The molecule has 0 bridgehead atoms. The predicted molar refractivity (Wildman–Crippen MR) is 84.5 cm³/mol. The van der Waals surface area contributed by atoms with Crippen LogP contribution >= 0.6 is 0 Å². The van der Waals surface area contributed by atoms with E-state index < -0.39 is 0 Å². The highest BCUT2D eigenvalue weighted by Crippen LogP contribution is 2.27. The van der Waals surface area contributed by atoms with E-state index in [-0.39, 0.29) is 0 Å². The van der Waals surface area contributed by atoms with E-state index in [0.29, 0.717) is 5.92 Å². The molecule has 2 aliphatic heterocycles. The van der Waals surface area contributed by atoms with Crippen LogP contribution in [0.5, 0.6) is 0 Å². The molecule has 1 unspecified atom stereocenters. The lowest BCUT2D eigenvalue weighted by molar-refractivity contribution is 0.288. The lowest BCUT2D eigenvalue weighted by atomic mass is 10.1. The summed E-state index contributed by atoms with van der Waals surface area (Å²) in [5.74, 6) is 3.77. The zero-order valence-corrected chi connectivity index (χ0v) is 13.8. The van der Waals surface area contributed by atoms with Gasteiger partial charge in [0.05, 0.1) is 0 Å². The summed E-state index contributed by atoms with van der Waals surface area (Å²) in [6.07, 6.45) is 2.28. The molecule has 0 spiro atoms. The molecule has 1 aromatic rings. The van der Waals surface area contributed by atoms with Crippen LogP contribution in [0.4, 0.5) is 0 Å². The number of likely N-dealkylation sites (N-methyl/N-ethyl adjacent to an activating group) is 1. The van der Waals surface area contributed by atoms with Gasteiger partial charge in [-0.25, -0.2) is 0 Å². The summed E-state index contributed by atoms with van der Waals surface area (Å²) in [6.45, 7) is 14.9. The minimum atomic E-state index is 0.582. The van der Waals surface area contributed by atoms with Crippen molar-refractivity contribution in [1.82, 2.24) is 24.6 Å². The van der Waals surface area contributed by atoms with Crippen LogP contribution in [0.2, 0.25) is 0 Å². The first-order valence-electron chi connectivity index (χ1n) is 8.54. The summed E-state index contributed by atoms with van der Waals surface area (Å²) < 4.78 is 2.42. The highest BCUT2D eigenvalue weighted by Gasteiger charge is 2.29. The third-order valence-electron chi connectivity index (χ3n) is 4.86. The molecule has 21 heavy (non-hydrogen) atoms. The minimum Gasteiger partial charge on any atom is -0.313 e. The van der Waals surface area contributed by atoms with Crippen molar-refractivity contribution >= 4 is 0 Å². The van der Waals surface area contributed by atoms with Gasteiger partial charge < -0.3 is 14.4 Å². The molecule has 0 saturated carbocycles. The maximum atomic E-state index is 4.55. The van der Waals surface area contributed by atoms with Gasteiger partial charge in [0.1, 0.15) is 11.6 Å². The Bertz CT molecular complexity index is 467. The van der Waals surface area contributed by atoms with Crippen molar-refractivity contribution in [2.45, 2.75) is 46.1 Å². The molecule has 5 heteroatoms. The highest BCUT2D eigenvalue weighted by atomic mass is 15.3. The summed E-state index contributed by atoms with van der Waals surface area (Å²) in [6, 6.07) is 0. The maximum Gasteiger partial charge on any atom is 0.137 e. The first-order chi connectivity index (χ1) is 10.2. The van der Waals surface area contributed by atoms with Gasteiger partial charge in [0.2, 0.25) is 0 Å². The van der Waals surface area contributed by atoms with Gasteiger partial charge in [-0.05, 0) is 25.4 Å². The van der Waals surface area contributed by atoms with Crippen molar-refractivity contribution in [2.24, 2.45) is 5.92 Å². The Hall–Kier alpha value is -0.940. The maximum absolute atomic E-state index is 4.55. The molecule has 1 atom stereocenters. The molecule has 0 amide bonds. The van der Waals surface area contributed by atoms with E-state index in [1.807, 2.05) is 0 Å². The number of fused-ring (bicyclic) bond motifs is 1. The molecule has 1 aromatic heterocycles. The van der Waals surface area contributed by atoms with Crippen LogP contribution < -0.4 is 0 Å². The Balaban J connectivity index is 1.69. The van der Waals surface area contributed by atoms with Crippen molar-refractivity contribution < 1.29 is 0 Å². The standard InChI is InChI=1S/C16H29N5/c1-4-19-8-6-15-17-18-16(21(15)10-9-19)14-5-7-20(12-14)11-13(2)3/h13-14H,4-12H2,1-3H3. The van der Waals surface area contributed by atoms with Crippen molar-refractivity contribution in [3.8, 4) is 0 Å². The van der Waals surface area contributed by atoms with Crippen molar-refractivity contribution in [3.05, 3.63) is 11.6 Å². The van der Waals surface area contributed by atoms with Gasteiger partial charge in [0.15, 0.2) is 0 Å². The Labute approximate surface area is 128 Å². The van der Waals surface area contributed by atoms with E-state index in [0.717, 1.165) is 45.1 Å². The van der Waals surface area contributed by atoms with Crippen LogP contribution in [0.25, 0.3) is 0 Å². The molecule has 1 saturated heterocycles. The molecular formula is C16H29N5. The SMILES string of the molecule is CCN1CCc2nnc(C3CCN(CC(C)C)C3)n2CC1. The topological polar surface area (TPSA) is 37.2 Å². The van der Waals surface area contributed by atoms with Gasteiger partial charge in [-0.1, -0.05) is 20.8 Å². The van der Waals surface area contributed by atoms with Crippen LogP contribution in [0.15, 0.2) is 0 Å². The molecule has 118 valence electrons. The molecule has 0 aliphatic carbocycles. The predicted octanol–water partition coefficient (Wildman–Crippen LogP) is 1.60. The average Bonchev–Trinajstić information content (AvgIpc) is 3.00. The second-order valence-corrected chi connectivity index (χ2v) is 6.95. The smallest absolute Gasteiger partial charge is 0.137 e. The first kappa shape index (κ1) is 15.0. The number of hydrogen-bond acceptors (Lipinski definition) is 4. The van der Waals surface area contributed by atoms with Gasteiger partial charge in [0, 0.05) is 45.1 Å². The van der Waals surface area contributed by atoms with Crippen LogP contribution in [0.3, 0.4) is 0 Å². The lowest BCUT2D eigenvalue weighted by Gasteiger charge is -2.19. The second kappa shape index (κ2) is 6.44. The van der Waals surface area contributed by atoms with Gasteiger partial charge in [0.25, 0.3) is 0 Å². The number of aromatic nitrogens is 3. The molecule has 3 heterocycles. The van der Waals surface area contributed by atoms with E-state index in [1.54, 1.807) is 0 Å². The third kappa shape index (κ3) is 3.29. The highest BCUT2D eigenvalue weighted by molar-refractivity contribution is 5.07. The zero-order chi connectivity index (χ0) is 14.8. The summed E-state index contributed by atoms with van der Waals surface area (Å²) in [5.41, 5.74) is 0. The number of likely N-dealkylation sites (tertiary alicyclic amines) is 1. The van der Waals surface area contributed by atoms with Gasteiger partial charge in [-0.2, -0.15) is 0 Å². The van der Waals surface area contributed by atoms with Crippen LogP contribution in [0, 0.1) is 5.92 Å². The van der Waals surface area contributed by atoms with Crippen LogP contribution in [-0.2, 0) is 13.0 Å². The van der Waals surface area contributed by atoms with E-state index >= 15 is 0 Å². The number of rotatable bonds is 4. The molecule has 0 N–H and O–H groups in total. The van der Waals surface area contributed by atoms with Crippen LogP contribution in [-0.4, -0.2) is 63.8 Å². The fourth-order valence-electron chi connectivity index (χ4n) is 3.73. The van der Waals surface area contributed by atoms with Crippen molar-refractivity contribution in [2.75, 3.05) is 39.3 Å². The van der Waals surface area contributed by atoms with E-state index in [4.69, 9.17) is 0 Å². The fraction of sp³-hybridized carbons (Fsp3) is 0.875. The fourth-order valence-corrected chi connectivity index (χ4v) is 3.73. The number of nitrogens with zero attached hydrogens (tertiary/aromatic N) is 5. The Kier molecular flexibility index (Phi) is 4.60. The van der Waals surface area contributed by atoms with Crippen molar-refractivity contribution in [3.63, 3.8) is 0 Å². The van der Waals surface area contributed by atoms with Gasteiger partial charge in [-0.15, -0.1) is 10.2 Å². The molecule has 0 radical (unpaired) electrons. The Morgan fingerprint density at radius 1 is 1.10 bits per heavy atom. The summed E-state index contributed by atoms with van der Waals surface area (Å²) in [7, 11) is 0. The number of hydrogen-bond donors (Lipinski definition) is 0. The molecule has 1 fully saturated rings. The zero-order valence-electron chi connectivity index (χ0n) is 13.8. The summed E-state index contributed by atoms with van der Waals surface area (Å²) in [4.78, 5) is 5.10. The molecule has 0 aromatic carbocycles. The minimum absolute atomic E-state index is 0.582. The molecular weight excluding hydrogens is 262 g/mol. The average molecular weight is 291 g/mol. The first-order valence-corrected chi connectivity index (χ1v) is 8.54. The second-order valence-electron chi connectivity index (χ2n) is 6.95. The summed E-state index contributed by atoms with van der Waals surface area (Å²) in [5, 5.41) is 9.04. The monoisotopic (exact) mass is 291 g/mol. The van der Waals surface area contributed by atoms with Gasteiger partial charge >= 0.3 is 0 Å². The molecule has 3 rings (SSSR count). The van der Waals surface area contributed by atoms with Crippen LogP contribution in [0.1, 0.15) is 44.8 Å². The lowest BCUT2D eigenvalue weighted by Crippen LogP contribution is -2.27. The van der Waals surface area contributed by atoms with E-state index in [9.17, 15) is 0 Å². The Morgan fingerprint density at radius 2 is 1.95 bits per heavy atom. The van der Waals surface area contributed by atoms with Crippen molar-refractivity contribution in [1.29, 1.82) is 0 Å². The third-order valence-corrected chi connectivity index (χ3v) is 4.86. The Morgan fingerprint density at radius 3 is 2.71 bits per heavy atom.